The minimum atomic E-state index is -2.02. The van der Waals surface area contributed by atoms with Crippen LogP contribution in [0.4, 0.5) is 4.39 Å². The standard InChI is InChI=1S/C23H29FO6/c1-21-10-18(28)23(24)15(5-4-12-8-13(26)6-7-22(12,23)2)16(21)9-14(20(29)30-3)19(21)17(27)11-25/h6-8,14-16,18-19,25,28H,4-5,9-11H2,1-3H3/t14?,15-,16-,18-,19+,21-,22-,23-/m0/s1. The van der Waals surface area contributed by atoms with Gasteiger partial charge in [0.05, 0.1) is 19.1 Å². The van der Waals surface area contributed by atoms with Crippen LogP contribution >= 0.6 is 0 Å². The van der Waals surface area contributed by atoms with E-state index in [-0.39, 0.29) is 24.5 Å². The van der Waals surface area contributed by atoms with Crippen molar-refractivity contribution in [1.29, 1.82) is 0 Å². The Labute approximate surface area is 175 Å². The Kier molecular flexibility index (Phi) is 4.86. The molecule has 30 heavy (non-hydrogen) atoms. The van der Waals surface area contributed by atoms with Gasteiger partial charge in [0.25, 0.3) is 0 Å². The molecule has 4 rings (SSSR count). The number of alkyl halides is 1. The molecular formula is C23H29FO6. The van der Waals surface area contributed by atoms with E-state index in [1.165, 1.54) is 19.3 Å². The van der Waals surface area contributed by atoms with Gasteiger partial charge in [-0.3, -0.25) is 14.4 Å². The minimum absolute atomic E-state index is 0.000770. The molecule has 2 N–H and O–H groups in total. The summed E-state index contributed by atoms with van der Waals surface area (Å²) in [6.07, 6.45) is 4.25. The fraction of sp³-hybridized carbons (Fsp3) is 0.696. The van der Waals surface area contributed by atoms with Crippen molar-refractivity contribution in [3.63, 3.8) is 0 Å². The van der Waals surface area contributed by atoms with Crippen LogP contribution in [0.25, 0.3) is 0 Å². The number of carbonyl (C=O) groups is 3. The van der Waals surface area contributed by atoms with Crippen LogP contribution < -0.4 is 0 Å². The molecule has 8 atom stereocenters. The maximum absolute atomic E-state index is 17.0. The molecule has 0 aromatic carbocycles. The van der Waals surface area contributed by atoms with Crippen LogP contribution in [-0.2, 0) is 19.1 Å². The van der Waals surface area contributed by atoms with E-state index in [4.69, 9.17) is 4.74 Å². The molecule has 0 aromatic heterocycles. The summed E-state index contributed by atoms with van der Waals surface area (Å²) in [6, 6.07) is 0. The van der Waals surface area contributed by atoms with Crippen LogP contribution in [0.3, 0.4) is 0 Å². The first-order valence-corrected chi connectivity index (χ1v) is 10.6. The van der Waals surface area contributed by atoms with Crippen molar-refractivity contribution in [2.24, 2.45) is 34.5 Å². The maximum atomic E-state index is 17.0. The van der Waals surface area contributed by atoms with Gasteiger partial charge in [0.1, 0.15) is 6.61 Å². The van der Waals surface area contributed by atoms with E-state index >= 15 is 4.39 Å². The number of fused-ring (bicyclic) bond motifs is 5. The van der Waals surface area contributed by atoms with Crippen molar-refractivity contribution in [2.75, 3.05) is 13.7 Å². The third kappa shape index (κ3) is 2.51. The highest BCUT2D eigenvalue weighted by Crippen LogP contribution is 2.69. The van der Waals surface area contributed by atoms with Gasteiger partial charge in [0, 0.05) is 17.3 Å². The van der Waals surface area contributed by atoms with Crippen molar-refractivity contribution in [3.8, 4) is 0 Å². The van der Waals surface area contributed by atoms with Crippen LogP contribution in [0.5, 0.6) is 0 Å². The number of aliphatic hydroxyl groups is 2. The zero-order valence-corrected chi connectivity index (χ0v) is 17.6. The lowest BCUT2D eigenvalue weighted by Crippen LogP contribution is -2.66. The molecule has 4 aliphatic carbocycles. The van der Waals surface area contributed by atoms with Gasteiger partial charge in [-0.05, 0) is 56.1 Å². The molecule has 1 unspecified atom stereocenters. The monoisotopic (exact) mass is 420 g/mol. The number of rotatable bonds is 3. The van der Waals surface area contributed by atoms with E-state index in [2.05, 4.69) is 0 Å². The van der Waals surface area contributed by atoms with Crippen molar-refractivity contribution in [2.45, 2.75) is 51.3 Å². The Bertz CT molecular complexity index is 864. The Hall–Kier alpha value is -1.86. The first-order chi connectivity index (χ1) is 14.0. The number of carbonyl (C=O) groups excluding carboxylic acids is 3. The Morgan fingerprint density at radius 1 is 1.30 bits per heavy atom. The van der Waals surface area contributed by atoms with Gasteiger partial charge < -0.3 is 14.9 Å². The normalized spacial score (nSPS) is 47.1. The number of Topliss-reactive ketones (excluding diaryl/α,β-unsaturated/α-hetero) is 1. The average Bonchev–Trinajstić information content (AvgIpc) is 3.01. The molecule has 6 nitrogen and oxygen atoms in total. The molecule has 7 heteroatoms. The third-order valence-electron chi connectivity index (χ3n) is 8.70. The lowest BCUT2D eigenvalue weighted by molar-refractivity contribution is -0.196. The summed E-state index contributed by atoms with van der Waals surface area (Å²) in [4.78, 5) is 37.1. The lowest BCUT2D eigenvalue weighted by Gasteiger charge is -2.61. The van der Waals surface area contributed by atoms with E-state index in [9.17, 15) is 24.6 Å². The second-order valence-corrected chi connectivity index (χ2v) is 9.82. The molecule has 0 aliphatic heterocycles. The van der Waals surface area contributed by atoms with Gasteiger partial charge in [-0.2, -0.15) is 0 Å². The predicted octanol–water partition coefficient (Wildman–Crippen LogP) is 1.93. The fourth-order valence-corrected chi connectivity index (χ4v) is 7.34. The average molecular weight is 420 g/mol. The zero-order chi connectivity index (χ0) is 22.1. The van der Waals surface area contributed by atoms with E-state index < -0.39 is 58.7 Å². The predicted molar refractivity (Wildman–Crippen MR) is 105 cm³/mol. The summed E-state index contributed by atoms with van der Waals surface area (Å²) in [7, 11) is 1.25. The molecule has 0 saturated heterocycles. The van der Waals surface area contributed by atoms with Gasteiger partial charge in [0.2, 0.25) is 0 Å². The number of ketones is 2. The van der Waals surface area contributed by atoms with Gasteiger partial charge in [-0.1, -0.05) is 18.6 Å². The Morgan fingerprint density at radius 3 is 2.63 bits per heavy atom. The zero-order valence-electron chi connectivity index (χ0n) is 17.6. The quantitative estimate of drug-likeness (QED) is 0.677. The van der Waals surface area contributed by atoms with Gasteiger partial charge in [0.15, 0.2) is 17.2 Å². The maximum Gasteiger partial charge on any atom is 0.309 e. The van der Waals surface area contributed by atoms with Crippen molar-refractivity contribution in [1.82, 2.24) is 0 Å². The summed E-state index contributed by atoms with van der Waals surface area (Å²) in [5, 5.41) is 20.7. The Morgan fingerprint density at radius 2 is 2.00 bits per heavy atom. The highest BCUT2D eigenvalue weighted by molar-refractivity contribution is 6.01. The molecule has 3 saturated carbocycles. The largest absolute Gasteiger partial charge is 0.469 e. The van der Waals surface area contributed by atoms with Gasteiger partial charge >= 0.3 is 5.97 Å². The SMILES string of the molecule is COC(=O)C1C[C@H]2[C@@H]3CCC4=CC(=O)C=C[C@]4(C)[C@@]3(F)[C@@H](O)C[C@]2(C)[C@H]1C(=O)CO. The first-order valence-electron chi connectivity index (χ1n) is 10.6. The van der Waals surface area contributed by atoms with E-state index in [0.29, 0.717) is 18.4 Å². The second kappa shape index (κ2) is 6.82. The van der Waals surface area contributed by atoms with Crippen LogP contribution in [0.15, 0.2) is 23.8 Å². The molecule has 0 bridgehead atoms. The highest BCUT2D eigenvalue weighted by Gasteiger charge is 2.72. The summed E-state index contributed by atoms with van der Waals surface area (Å²) < 4.78 is 21.9. The number of hydrogen-bond acceptors (Lipinski definition) is 6. The van der Waals surface area contributed by atoms with Crippen LogP contribution in [0, 0.1) is 34.5 Å². The lowest BCUT2D eigenvalue weighted by atomic mass is 9.45. The minimum Gasteiger partial charge on any atom is -0.469 e. The number of ether oxygens (including phenoxy) is 1. The number of halogens is 1. The second-order valence-electron chi connectivity index (χ2n) is 9.82. The van der Waals surface area contributed by atoms with E-state index in [1.54, 1.807) is 13.0 Å². The molecule has 0 aromatic rings. The number of esters is 1. The number of aliphatic hydroxyl groups excluding tert-OH is 2. The molecular weight excluding hydrogens is 391 g/mol. The Balaban J connectivity index is 1.82. The molecule has 0 heterocycles. The summed E-state index contributed by atoms with van der Waals surface area (Å²) >= 11 is 0. The molecule has 4 aliphatic rings. The van der Waals surface area contributed by atoms with Crippen molar-refractivity contribution < 1.29 is 33.7 Å². The van der Waals surface area contributed by atoms with Gasteiger partial charge in [-0.25, -0.2) is 4.39 Å². The molecule has 0 radical (unpaired) electrons. The molecule has 0 spiro atoms. The number of hydrogen-bond donors (Lipinski definition) is 2. The summed E-state index contributed by atoms with van der Waals surface area (Å²) in [5.41, 5.74) is -3.29. The fourth-order valence-electron chi connectivity index (χ4n) is 7.34. The van der Waals surface area contributed by atoms with Crippen molar-refractivity contribution in [3.05, 3.63) is 23.8 Å². The van der Waals surface area contributed by atoms with Gasteiger partial charge in [-0.15, -0.1) is 0 Å². The van der Waals surface area contributed by atoms with E-state index in [0.717, 1.165) is 0 Å². The third-order valence-corrected chi connectivity index (χ3v) is 8.70. The van der Waals surface area contributed by atoms with Crippen molar-refractivity contribution >= 4 is 17.5 Å². The highest BCUT2D eigenvalue weighted by atomic mass is 19.1. The summed E-state index contributed by atoms with van der Waals surface area (Å²) in [6.45, 7) is 2.84. The molecule has 164 valence electrons. The number of allylic oxidation sites excluding steroid dienone is 4. The molecule has 3 fully saturated rings. The van der Waals surface area contributed by atoms with Crippen LogP contribution in [0.2, 0.25) is 0 Å². The summed E-state index contributed by atoms with van der Waals surface area (Å²) in [5.74, 6) is -3.71. The van der Waals surface area contributed by atoms with Crippen LogP contribution in [-0.4, -0.2) is 53.2 Å². The topological polar surface area (TPSA) is 101 Å². The van der Waals surface area contributed by atoms with E-state index in [1.807, 2.05) is 6.92 Å². The van der Waals surface area contributed by atoms with Crippen LogP contribution in [0.1, 0.15) is 39.5 Å². The first kappa shape index (κ1) is 21.4. The molecule has 0 amide bonds. The smallest absolute Gasteiger partial charge is 0.309 e. The number of methoxy groups -OCH3 is 1.